The van der Waals surface area contributed by atoms with Crippen LogP contribution in [-0.4, -0.2) is 62.4 Å². The molecule has 1 unspecified atom stereocenters. The highest BCUT2D eigenvalue weighted by atomic mass is 32.2. The van der Waals surface area contributed by atoms with Crippen LogP contribution >= 0.6 is 0 Å². The molecular formula is C21H25N3O6S. The van der Waals surface area contributed by atoms with Crippen molar-refractivity contribution in [1.29, 1.82) is 0 Å². The van der Waals surface area contributed by atoms with Crippen molar-refractivity contribution in [3.05, 3.63) is 64.2 Å². The number of hydrogen-bond donors (Lipinski definition) is 0. The summed E-state index contributed by atoms with van der Waals surface area (Å²) in [6.45, 7) is -0.0134. The number of hydrogen-bond acceptors (Lipinski definition) is 7. The van der Waals surface area contributed by atoms with Gasteiger partial charge in [-0.2, -0.15) is 0 Å². The van der Waals surface area contributed by atoms with Crippen molar-refractivity contribution >= 4 is 27.1 Å². The normalized spacial score (nSPS) is 17.2. The fourth-order valence-electron chi connectivity index (χ4n) is 3.43. The van der Waals surface area contributed by atoms with Gasteiger partial charge in [0.2, 0.25) is 0 Å². The van der Waals surface area contributed by atoms with E-state index in [1.54, 1.807) is 4.90 Å². The lowest BCUT2D eigenvalue weighted by Gasteiger charge is -2.28. The number of non-ortho nitro benzene ring substituents is 1. The predicted octanol–water partition coefficient (Wildman–Crippen LogP) is 2.26. The number of amides is 1. The quantitative estimate of drug-likeness (QED) is 0.451. The summed E-state index contributed by atoms with van der Waals surface area (Å²) in [5.74, 6) is -0.0126. The van der Waals surface area contributed by atoms with E-state index in [-0.39, 0.29) is 36.3 Å². The Hall–Kier alpha value is -3.14. The molecule has 1 amide bonds. The van der Waals surface area contributed by atoms with E-state index >= 15 is 0 Å². The standard InChI is InChI=1S/C21H25N3O6S/c1-22(2)17-5-3-16(4-6-17)13-23(19-11-12-31(28,29)15-19)21(25)14-30-20-9-7-18(8-10-20)24(26)27/h3-10,19H,11-15H2,1-2H3. The summed E-state index contributed by atoms with van der Waals surface area (Å²) >= 11 is 0. The molecule has 0 N–H and O–H groups in total. The predicted molar refractivity (Wildman–Crippen MR) is 117 cm³/mol. The molecule has 166 valence electrons. The maximum Gasteiger partial charge on any atom is 0.269 e. The highest BCUT2D eigenvalue weighted by Crippen LogP contribution is 2.22. The molecule has 0 spiro atoms. The number of anilines is 1. The van der Waals surface area contributed by atoms with Crippen molar-refractivity contribution in [1.82, 2.24) is 4.90 Å². The van der Waals surface area contributed by atoms with Crippen molar-refractivity contribution in [2.75, 3.05) is 37.1 Å². The van der Waals surface area contributed by atoms with Gasteiger partial charge < -0.3 is 14.5 Å². The average Bonchev–Trinajstić information content (AvgIpc) is 3.10. The van der Waals surface area contributed by atoms with Gasteiger partial charge in [0.05, 0.1) is 16.4 Å². The molecule has 1 atom stereocenters. The maximum absolute atomic E-state index is 13.0. The molecule has 2 aromatic rings. The number of rotatable bonds is 8. The summed E-state index contributed by atoms with van der Waals surface area (Å²) in [6.07, 6.45) is 0.390. The van der Waals surface area contributed by atoms with E-state index in [0.29, 0.717) is 12.2 Å². The molecule has 1 aliphatic heterocycles. The molecule has 2 aromatic carbocycles. The Kier molecular flexibility index (Phi) is 6.79. The van der Waals surface area contributed by atoms with Crippen LogP contribution in [0.25, 0.3) is 0 Å². The molecule has 0 aliphatic carbocycles. The number of nitro benzene ring substituents is 1. The van der Waals surface area contributed by atoms with Gasteiger partial charge in [-0.15, -0.1) is 0 Å². The zero-order chi connectivity index (χ0) is 22.6. The van der Waals surface area contributed by atoms with E-state index in [9.17, 15) is 23.3 Å². The number of benzene rings is 2. The molecule has 0 saturated carbocycles. The zero-order valence-corrected chi connectivity index (χ0v) is 18.2. The SMILES string of the molecule is CN(C)c1ccc(CN(C(=O)COc2ccc([N+](=O)[O-])cc2)C2CCS(=O)(=O)C2)cc1. The molecule has 10 heteroatoms. The molecule has 1 aliphatic rings. The second kappa shape index (κ2) is 9.34. The number of sulfone groups is 1. The Balaban J connectivity index is 1.72. The van der Waals surface area contributed by atoms with E-state index in [2.05, 4.69) is 0 Å². The molecule has 1 heterocycles. The molecule has 0 bridgehead atoms. The van der Waals surface area contributed by atoms with E-state index in [0.717, 1.165) is 11.3 Å². The fourth-order valence-corrected chi connectivity index (χ4v) is 5.16. The van der Waals surface area contributed by atoms with Crippen LogP contribution in [0.4, 0.5) is 11.4 Å². The molecule has 1 saturated heterocycles. The zero-order valence-electron chi connectivity index (χ0n) is 17.4. The third-order valence-electron chi connectivity index (χ3n) is 5.19. The van der Waals surface area contributed by atoms with E-state index in [1.165, 1.54) is 24.3 Å². The summed E-state index contributed by atoms with van der Waals surface area (Å²) in [7, 11) is 0.699. The van der Waals surface area contributed by atoms with Gasteiger partial charge in [0, 0.05) is 44.5 Å². The van der Waals surface area contributed by atoms with Crippen LogP contribution in [0.2, 0.25) is 0 Å². The molecule has 31 heavy (non-hydrogen) atoms. The van der Waals surface area contributed by atoms with Gasteiger partial charge in [-0.3, -0.25) is 14.9 Å². The number of ether oxygens (including phenoxy) is 1. The van der Waals surface area contributed by atoms with E-state index in [1.807, 2.05) is 43.3 Å². The highest BCUT2D eigenvalue weighted by molar-refractivity contribution is 7.91. The average molecular weight is 448 g/mol. The van der Waals surface area contributed by atoms with Crippen molar-refractivity contribution in [2.45, 2.75) is 19.0 Å². The summed E-state index contributed by atoms with van der Waals surface area (Å²) < 4.78 is 29.5. The fraction of sp³-hybridized carbons (Fsp3) is 0.381. The molecule has 3 rings (SSSR count). The maximum atomic E-state index is 13.0. The summed E-state index contributed by atoms with van der Waals surface area (Å²) in [4.78, 5) is 26.7. The van der Waals surface area contributed by atoms with Crippen LogP contribution in [0.1, 0.15) is 12.0 Å². The lowest BCUT2D eigenvalue weighted by molar-refractivity contribution is -0.384. The van der Waals surface area contributed by atoms with Crippen molar-refractivity contribution in [3.8, 4) is 5.75 Å². The summed E-state index contributed by atoms with van der Waals surface area (Å²) in [5.41, 5.74) is 1.84. The first-order valence-electron chi connectivity index (χ1n) is 9.78. The van der Waals surface area contributed by atoms with Crippen molar-refractivity contribution in [2.24, 2.45) is 0 Å². The largest absolute Gasteiger partial charge is 0.484 e. The van der Waals surface area contributed by atoms with E-state index < -0.39 is 20.8 Å². The van der Waals surface area contributed by atoms with Gasteiger partial charge in [-0.1, -0.05) is 12.1 Å². The Morgan fingerprint density at radius 3 is 2.29 bits per heavy atom. The minimum Gasteiger partial charge on any atom is -0.484 e. The molecular weight excluding hydrogens is 422 g/mol. The second-order valence-electron chi connectivity index (χ2n) is 7.68. The first-order chi connectivity index (χ1) is 14.6. The lowest BCUT2D eigenvalue weighted by Crippen LogP contribution is -2.43. The first-order valence-corrected chi connectivity index (χ1v) is 11.6. The van der Waals surface area contributed by atoms with Gasteiger partial charge in [-0.25, -0.2) is 8.42 Å². The lowest BCUT2D eigenvalue weighted by atomic mass is 10.1. The van der Waals surface area contributed by atoms with Gasteiger partial charge in [0.25, 0.3) is 11.6 Å². The summed E-state index contributed by atoms with van der Waals surface area (Å²) in [5, 5.41) is 10.8. The smallest absolute Gasteiger partial charge is 0.269 e. The van der Waals surface area contributed by atoms with Crippen LogP contribution in [0.15, 0.2) is 48.5 Å². The Morgan fingerprint density at radius 1 is 1.13 bits per heavy atom. The summed E-state index contributed by atoms with van der Waals surface area (Å²) in [6, 6.07) is 12.7. The number of carbonyl (C=O) groups excluding carboxylic acids is 1. The van der Waals surface area contributed by atoms with Gasteiger partial charge in [0.15, 0.2) is 16.4 Å². The Bertz CT molecular complexity index is 1040. The number of nitro groups is 1. The Labute approximate surface area is 181 Å². The third kappa shape index (κ3) is 5.94. The second-order valence-corrected chi connectivity index (χ2v) is 9.91. The molecule has 0 radical (unpaired) electrons. The monoisotopic (exact) mass is 447 g/mol. The van der Waals surface area contributed by atoms with Crippen LogP contribution < -0.4 is 9.64 Å². The molecule has 1 fully saturated rings. The van der Waals surface area contributed by atoms with Gasteiger partial charge in [0.1, 0.15) is 5.75 Å². The Morgan fingerprint density at radius 2 is 1.77 bits per heavy atom. The minimum absolute atomic E-state index is 0.0597. The van der Waals surface area contributed by atoms with Gasteiger partial charge >= 0.3 is 0 Å². The topological polar surface area (TPSA) is 110 Å². The molecule has 9 nitrogen and oxygen atoms in total. The van der Waals surface area contributed by atoms with Crippen LogP contribution in [-0.2, 0) is 21.2 Å². The molecule has 0 aromatic heterocycles. The van der Waals surface area contributed by atoms with Crippen LogP contribution in [0.5, 0.6) is 5.75 Å². The van der Waals surface area contributed by atoms with Crippen molar-refractivity contribution < 1.29 is 22.9 Å². The van der Waals surface area contributed by atoms with E-state index in [4.69, 9.17) is 4.74 Å². The van der Waals surface area contributed by atoms with Crippen molar-refractivity contribution in [3.63, 3.8) is 0 Å². The van der Waals surface area contributed by atoms with Gasteiger partial charge in [-0.05, 0) is 36.2 Å². The minimum atomic E-state index is -3.17. The first kappa shape index (κ1) is 22.5. The number of carbonyl (C=O) groups is 1. The van der Waals surface area contributed by atoms with Crippen LogP contribution in [0, 0.1) is 10.1 Å². The third-order valence-corrected chi connectivity index (χ3v) is 6.94. The number of nitrogens with zero attached hydrogens (tertiary/aromatic N) is 3. The highest BCUT2D eigenvalue weighted by Gasteiger charge is 2.34. The van der Waals surface area contributed by atoms with Crippen LogP contribution in [0.3, 0.4) is 0 Å².